The highest BCUT2D eigenvalue weighted by Gasteiger charge is 2.37. The minimum absolute atomic E-state index is 0. The van der Waals surface area contributed by atoms with Crippen LogP contribution in [-0.2, 0) is 10.0 Å². The summed E-state index contributed by atoms with van der Waals surface area (Å²) in [6.07, 6.45) is 3.54. The lowest BCUT2D eigenvalue weighted by Gasteiger charge is -2.28. The molecule has 0 heterocycles. The number of hydrogen-bond donors (Lipinski definition) is 2. The molecule has 0 aliphatic heterocycles. The van der Waals surface area contributed by atoms with E-state index < -0.39 is 15.6 Å². The molecule has 0 aromatic heterocycles. The van der Waals surface area contributed by atoms with Gasteiger partial charge in [0.1, 0.15) is 4.90 Å². The lowest BCUT2D eigenvalue weighted by atomic mass is 10.0. The molecule has 1 saturated carbocycles. The maximum absolute atomic E-state index is 12.4. The number of hydrogen-bond acceptors (Lipinski definition) is 3. The van der Waals surface area contributed by atoms with Crippen LogP contribution in [0.15, 0.2) is 27.6 Å². The summed E-state index contributed by atoms with van der Waals surface area (Å²) in [7, 11) is -3.64. The number of sulfonamides is 1. The van der Waals surface area contributed by atoms with Crippen LogP contribution < -0.4 is 10.5 Å². The standard InChI is InChI=1S/C12H16BrClN2O2S.ClH/c13-9-3-4-11(10(14)7-9)19(17,18)16-12(8-15)5-1-2-6-12;/h3-4,7,16H,1-2,5-6,8,15H2;1H. The Bertz CT molecular complexity index is 575. The summed E-state index contributed by atoms with van der Waals surface area (Å²) in [5.74, 6) is 0. The second-order valence-electron chi connectivity index (χ2n) is 4.87. The predicted octanol–water partition coefficient (Wildman–Crippen LogP) is 3.07. The number of benzene rings is 1. The lowest BCUT2D eigenvalue weighted by Crippen LogP contribution is -2.51. The summed E-state index contributed by atoms with van der Waals surface area (Å²) in [6.45, 7) is 0.306. The van der Waals surface area contributed by atoms with Gasteiger partial charge in [-0.15, -0.1) is 12.4 Å². The van der Waals surface area contributed by atoms with E-state index in [0.717, 1.165) is 30.2 Å². The van der Waals surface area contributed by atoms with Gasteiger partial charge in [0, 0.05) is 16.6 Å². The normalized spacial score (nSPS) is 17.8. The highest BCUT2D eigenvalue weighted by atomic mass is 79.9. The summed E-state index contributed by atoms with van der Waals surface area (Å²) >= 11 is 9.26. The van der Waals surface area contributed by atoms with Gasteiger partial charge >= 0.3 is 0 Å². The molecule has 1 aliphatic rings. The Hall–Kier alpha value is 0.150. The third-order valence-electron chi connectivity index (χ3n) is 3.49. The van der Waals surface area contributed by atoms with E-state index in [4.69, 9.17) is 17.3 Å². The molecule has 0 bridgehead atoms. The van der Waals surface area contributed by atoms with Crippen LogP contribution in [0, 0.1) is 0 Å². The molecular weight excluding hydrogens is 387 g/mol. The van der Waals surface area contributed by atoms with E-state index in [9.17, 15) is 8.42 Å². The topological polar surface area (TPSA) is 72.2 Å². The first-order valence-electron chi connectivity index (χ1n) is 6.08. The maximum atomic E-state index is 12.4. The molecule has 8 heteroatoms. The van der Waals surface area contributed by atoms with Gasteiger partial charge in [-0.25, -0.2) is 13.1 Å². The first kappa shape index (κ1) is 18.2. The molecule has 3 N–H and O–H groups in total. The van der Waals surface area contributed by atoms with Crippen molar-refractivity contribution in [3.8, 4) is 0 Å². The van der Waals surface area contributed by atoms with Gasteiger partial charge in [0.25, 0.3) is 0 Å². The van der Waals surface area contributed by atoms with E-state index in [0.29, 0.717) is 6.54 Å². The van der Waals surface area contributed by atoms with Gasteiger partial charge in [-0.1, -0.05) is 40.4 Å². The van der Waals surface area contributed by atoms with Gasteiger partial charge in [0.15, 0.2) is 0 Å². The van der Waals surface area contributed by atoms with Crippen LogP contribution in [0.25, 0.3) is 0 Å². The van der Waals surface area contributed by atoms with Gasteiger partial charge in [-0.05, 0) is 31.0 Å². The second-order valence-corrected chi connectivity index (χ2v) is 7.85. The number of halogens is 3. The number of nitrogens with two attached hydrogens (primary N) is 1. The summed E-state index contributed by atoms with van der Waals surface area (Å²) < 4.78 is 28.3. The number of nitrogens with one attached hydrogen (secondary N) is 1. The highest BCUT2D eigenvalue weighted by Crippen LogP contribution is 2.32. The van der Waals surface area contributed by atoms with Crippen molar-refractivity contribution in [1.82, 2.24) is 4.72 Å². The maximum Gasteiger partial charge on any atom is 0.242 e. The van der Waals surface area contributed by atoms with Gasteiger partial charge in [-0.2, -0.15) is 0 Å². The van der Waals surface area contributed by atoms with Crippen LogP contribution in [0.4, 0.5) is 0 Å². The Kier molecular flexibility index (Phi) is 6.32. The zero-order chi connectivity index (χ0) is 14.1. The van der Waals surface area contributed by atoms with Crippen molar-refractivity contribution in [2.24, 2.45) is 5.73 Å². The molecule has 1 aromatic carbocycles. The molecule has 1 aliphatic carbocycles. The molecule has 0 radical (unpaired) electrons. The SMILES string of the molecule is Cl.NCC1(NS(=O)(=O)c2ccc(Br)cc2Cl)CCCC1. The molecule has 0 atom stereocenters. The Morgan fingerprint density at radius 2 is 1.95 bits per heavy atom. The zero-order valence-electron chi connectivity index (χ0n) is 10.7. The van der Waals surface area contributed by atoms with Crippen LogP contribution >= 0.6 is 39.9 Å². The zero-order valence-corrected chi connectivity index (χ0v) is 14.7. The first-order chi connectivity index (χ1) is 8.88. The van der Waals surface area contributed by atoms with E-state index in [2.05, 4.69) is 20.7 Å². The van der Waals surface area contributed by atoms with Gasteiger partial charge in [0.05, 0.1) is 5.02 Å². The Morgan fingerprint density at radius 1 is 1.35 bits per heavy atom. The minimum Gasteiger partial charge on any atom is -0.329 e. The summed E-state index contributed by atoms with van der Waals surface area (Å²) in [4.78, 5) is 0.0945. The molecule has 20 heavy (non-hydrogen) atoms. The third-order valence-corrected chi connectivity index (χ3v) is 6.04. The molecule has 114 valence electrons. The van der Waals surface area contributed by atoms with Crippen molar-refractivity contribution in [1.29, 1.82) is 0 Å². The minimum atomic E-state index is -3.64. The number of rotatable bonds is 4. The molecule has 0 amide bonds. The lowest BCUT2D eigenvalue weighted by molar-refractivity contribution is 0.399. The van der Waals surface area contributed by atoms with Gasteiger partial charge in [-0.3, -0.25) is 0 Å². The fourth-order valence-corrected chi connectivity index (χ4v) is 4.94. The van der Waals surface area contributed by atoms with Crippen molar-refractivity contribution >= 4 is 50.0 Å². The van der Waals surface area contributed by atoms with E-state index in [1.807, 2.05) is 0 Å². The van der Waals surface area contributed by atoms with Crippen LogP contribution in [0.3, 0.4) is 0 Å². The Morgan fingerprint density at radius 3 is 2.45 bits per heavy atom. The van der Waals surface area contributed by atoms with Crippen LogP contribution in [0.2, 0.25) is 5.02 Å². The average Bonchev–Trinajstić information content (AvgIpc) is 2.77. The molecule has 0 spiro atoms. The van der Waals surface area contributed by atoms with E-state index >= 15 is 0 Å². The smallest absolute Gasteiger partial charge is 0.242 e. The largest absolute Gasteiger partial charge is 0.329 e. The van der Waals surface area contributed by atoms with Gasteiger partial charge in [0.2, 0.25) is 10.0 Å². The summed E-state index contributed by atoms with van der Waals surface area (Å²) in [5.41, 5.74) is 5.23. The third kappa shape index (κ3) is 3.87. The van der Waals surface area contributed by atoms with Crippen molar-refractivity contribution in [2.75, 3.05) is 6.54 Å². The monoisotopic (exact) mass is 402 g/mol. The van der Waals surface area contributed by atoms with Crippen LogP contribution in [0.1, 0.15) is 25.7 Å². The van der Waals surface area contributed by atoms with Crippen molar-refractivity contribution < 1.29 is 8.42 Å². The molecule has 1 fully saturated rings. The highest BCUT2D eigenvalue weighted by molar-refractivity contribution is 9.10. The van der Waals surface area contributed by atoms with Crippen molar-refractivity contribution in [2.45, 2.75) is 36.1 Å². The predicted molar refractivity (Wildman–Crippen MR) is 87.0 cm³/mol. The van der Waals surface area contributed by atoms with Crippen molar-refractivity contribution in [3.63, 3.8) is 0 Å². The first-order valence-corrected chi connectivity index (χ1v) is 8.73. The Balaban J connectivity index is 0.00000200. The molecule has 4 nitrogen and oxygen atoms in total. The molecular formula is C12H17BrCl2N2O2S. The van der Waals surface area contributed by atoms with Crippen molar-refractivity contribution in [3.05, 3.63) is 27.7 Å². The second kappa shape index (κ2) is 6.94. The molecule has 1 aromatic rings. The van der Waals surface area contributed by atoms with Gasteiger partial charge < -0.3 is 5.73 Å². The fraction of sp³-hybridized carbons (Fsp3) is 0.500. The van der Waals surface area contributed by atoms with E-state index in [1.165, 1.54) is 6.07 Å². The molecule has 0 unspecified atom stereocenters. The van der Waals surface area contributed by atoms with E-state index in [1.54, 1.807) is 12.1 Å². The quantitative estimate of drug-likeness (QED) is 0.811. The molecule has 2 rings (SSSR count). The molecule has 0 saturated heterocycles. The van der Waals surface area contributed by atoms with Crippen LogP contribution in [-0.4, -0.2) is 20.5 Å². The summed E-state index contributed by atoms with van der Waals surface area (Å²) in [6, 6.07) is 4.72. The van der Waals surface area contributed by atoms with E-state index in [-0.39, 0.29) is 22.3 Å². The Labute approximate surface area is 139 Å². The van der Waals surface area contributed by atoms with Crippen LogP contribution in [0.5, 0.6) is 0 Å². The fourth-order valence-electron chi connectivity index (χ4n) is 2.43. The average molecular weight is 404 g/mol. The summed E-state index contributed by atoms with van der Waals surface area (Å²) in [5, 5.41) is 0.201.